The van der Waals surface area contributed by atoms with Crippen molar-refractivity contribution in [2.45, 2.75) is 26.7 Å². The minimum Gasteiger partial charge on any atom is -0.497 e. The molecule has 0 spiro atoms. The highest BCUT2D eigenvalue weighted by Crippen LogP contribution is 2.14. The molecule has 0 radical (unpaired) electrons. The maximum Gasteiger partial charge on any atom is 0.243 e. The average Bonchev–Trinajstić information content (AvgIpc) is 2.65. The number of hydrogen-bond acceptors (Lipinski definition) is 5. The molecule has 156 valence electrons. The molecule has 0 unspecified atom stereocenters. The lowest BCUT2D eigenvalue weighted by molar-refractivity contribution is -0.137. The first-order valence-corrected chi connectivity index (χ1v) is 9.33. The minimum absolute atomic E-state index is 0.0783. The van der Waals surface area contributed by atoms with Gasteiger partial charge in [-0.25, -0.2) is 0 Å². The van der Waals surface area contributed by atoms with Crippen molar-refractivity contribution in [2.75, 3.05) is 45.8 Å². The summed E-state index contributed by atoms with van der Waals surface area (Å²) in [6.45, 7) is 4.60. The molecule has 1 aromatic rings. The number of anilines is 1. The molecule has 1 rings (SSSR count). The van der Waals surface area contributed by atoms with Gasteiger partial charge in [0.25, 0.3) is 0 Å². The molecule has 0 fully saturated rings. The molecule has 1 aromatic carbocycles. The average molecular weight is 393 g/mol. The second-order valence-corrected chi connectivity index (χ2v) is 6.81. The standard InChI is InChI=1S/C20H31N3O5/c1-15(2)12-20(26)23(10-5-11-27-3)14-19(25)21-13-18(24)22-16-6-8-17(28-4)9-7-16/h6-9,15H,5,10-14H2,1-4H3,(H,21,25)(H,22,24). The number of carbonyl (C=O) groups excluding carboxylic acids is 3. The van der Waals surface area contributed by atoms with Crippen LogP contribution in [0.25, 0.3) is 0 Å². The summed E-state index contributed by atoms with van der Waals surface area (Å²) in [6.07, 6.45) is 1.02. The molecule has 0 bridgehead atoms. The maximum absolute atomic E-state index is 12.3. The fourth-order valence-electron chi connectivity index (χ4n) is 2.46. The van der Waals surface area contributed by atoms with Gasteiger partial charge in [-0.2, -0.15) is 0 Å². The first-order valence-electron chi connectivity index (χ1n) is 9.33. The van der Waals surface area contributed by atoms with E-state index in [0.717, 1.165) is 0 Å². The Morgan fingerprint density at radius 1 is 1.07 bits per heavy atom. The number of amides is 3. The third-order valence-corrected chi connectivity index (χ3v) is 3.87. The molecule has 0 aliphatic rings. The van der Waals surface area contributed by atoms with Crippen LogP contribution in [0.2, 0.25) is 0 Å². The molecule has 0 saturated heterocycles. The van der Waals surface area contributed by atoms with E-state index in [2.05, 4.69) is 10.6 Å². The number of rotatable bonds is 12. The summed E-state index contributed by atoms with van der Waals surface area (Å²) in [5, 5.41) is 5.24. The van der Waals surface area contributed by atoms with E-state index >= 15 is 0 Å². The predicted octanol–water partition coefficient (Wildman–Crippen LogP) is 1.66. The molecule has 0 aromatic heterocycles. The van der Waals surface area contributed by atoms with Crippen LogP contribution in [0.15, 0.2) is 24.3 Å². The van der Waals surface area contributed by atoms with Gasteiger partial charge >= 0.3 is 0 Å². The Balaban J connectivity index is 2.48. The second kappa shape index (κ2) is 12.7. The SMILES string of the molecule is COCCCN(CC(=O)NCC(=O)Nc1ccc(OC)cc1)C(=O)CC(C)C. The zero-order chi connectivity index (χ0) is 20.9. The normalized spacial score (nSPS) is 10.5. The Morgan fingerprint density at radius 3 is 2.32 bits per heavy atom. The number of nitrogens with one attached hydrogen (secondary N) is 2. The van der Waals surface area contributed by atoms with E-state index < -0.39 is 0 Å². The van der Waals surface area contributed by atoms with E-state index in [-0.39, 0.29) is 36.7 Å². The van der Waals surface area contributed by atoms with Crippen molar-refractivity contribution in [3.63, 3.8) is 0 Å². The summed E-state index contributed by atoms with van der Waals surface area (Å²) in [4.78, 5) is 38.0. The van der Waals surface area contributed by atoms with Crippen LogP contribution in [0.3, 0.4) is 0 Å². The number of hydrogen-bond donors (Lipinski definition) is 2. The van der Waals surface area contributed by atoms with E-state index in [1.807, 2.05) is 13.8 Å². The molecule has 2 N–H and O–H groups in total. The van der Waals surface area contributed by atoms with Crippen molar-refractivity contribution in [1.29, 1.82) is 0 Å². The van der Waals surface area contributed by atoms with Gasteiger partial charge in [0.05, 0.1) is 20.2 Å². The molecule has 0 aliphatic heterocycles. The monoisotopic (exact) mass is 393 g/mol. The highest BCUT2D eigenvalue weighted by Gasteiger charge is 2.18. The van der Waals surface area contributed by atoms with E-state index in [9.17, 15) is 14.4 Å². The van der Waals surface area contributed by atoms with Gasteiger partial charge in [-0.05, 0) is 36.6 Å². The lowest BCUT2D eigenvalue weighted by Gasteiger charge is -2.23. The summed E-state index contributed by atoms with van der Waals surface area (Å²) < 4.78 is 10.1. The largest absolute Gasteiger partial charge is 0.497 e. The van der Waals surface area contributed by atoms with E-state index in [1.54, 1.807) is 38.5 Å². The summed E-state index contributed by atoms with van der Waals surface area (Å²) in [5.74, 6) is 0.0861. The molecule has 0 heterocycles. The number of methoxy groups -OCH3 is 2. The molecule has 28 heavy (non-hydrogen) atoms. The quantitative estimate of drug-likeness (QED) is 0.527. The van der Waals surface area contributed by atoms with Crippen LogP contribution in [0.1, 0.15) is 26.7 Å². The van der Waals surface area contributed by atoms with Crippen LogP contribution in [-0.2, 0) is 19.1 Å². The zero-order valence-corrected chi connectivity index (χ0v) is 17.1. The third-order valence-electron chi connectivity index (χ3n) is 3.87. The molecule has 0 aliphatic carbocycles. The fourth-order valence-corrected chi connectivity index (χ4v) is 2.46. The van der Waals surface area contributed by atoms with Gasteiger partial charge in [0.1, 0.15) is 5.75 Å². The van der Waals surface area contributed by atoms with Gasteiger partial charge in [0.2, 0.25) is 17.7 Å². The molecule has 0 atom stereocenters. The number of carbonyl (C=O) groups is 3. The smallest absolute Gasteiger partial charge is 0.243 e. The maximum atomic E-state index is 12.3. The van der Waals surface area contributed by atoms with Crippen LogP contribution in [0.5, 0.6) is 5.75 Å². The highest BCUT2D eigenvalue weighted by atomic mass is 16.5. The van der Waals surface area contributed by atoms with E-state index in [4.69, 9.17) is 9.47 Å². The van der Waals surface area contributed by atoms with Crippen LogP contribution in [0, 0.1) is 5.92 Å². The summed E-state index contributed by atoms with van der Waals surface area (Å²) in [5.41, 5.74) is 0.605. The Bertz CT molecular complexity index is 631. The van der Waals surface area contributed by atoms with Crippen LogP contribution >= 0.6 is 0 Å². The second-order valence-electron chi connectivity index (χ2n) is 6.81. The Hall–Kier alpha value is -2.61. The Kier molecular flexibility index (Phi) is 10.6. The van der Waals surface area contributed by atoms with Gasteiger partial charge < -0.3 is 25.0 Å². The van der Waals surface area contributed by atoms with Crippen molar-refractivity contribution in [2.24, 2.45) is 5.92 Å². The van der Waals surface area contributed by atoms with Gasteiger partial charge in [-0.3, -0.25) is 14.4 Å². The topological polar surface area (TPSA) is 97.0 Å². The predicted molar refractivity (Wildman–Crippen MR) is 107 cm³/mol. The van der Waals surface area contributed by atoms with Gasteiger partial charge in [-0.15, -0.1) is 0 Å². The van der Waals surface area contributed by atoms with Gasteiger partial charge in [0.15, 0.2) is 0 Å². The summed E-state index contributed by atoms with van der Waals surface area (Å²) in [7, 11) is 3.15. The van der Waals surface area contributed by atoms with Crippen molar-refractivity contribution in [1.82, 2.24) is 10.2 Å². The van der Waals surface area contributed by atoms with Crippen molar-refractivity contribution >= 4 is 23.4 Å². The number of ether oxygens (including phenoxy) is 2. The fraction of sp³-hybridized carbons (Fsp3) is 0.550. The molecule has 8 nitrogen and oxygen atoms in total. The minimum atomic E-state index is -0.376. The summed E-state index contributed by atoms with van der Waals surface area (Å²) >= 11 is 0. The van der Waals surface area contributed by atoms with Crippen LogP contribution < -0.4 is 15.4 Å². The lowest BCUT2D eigenvalue weighted by atomic mass is 10.1. The molecular weight excluding hydrogens is 362 g/mol. The van der Waals surface area contributed by atoms with E-state index in [0.29, 0.717) is 37.4 Å². The number of nitrogens with zero attached hydrogens (tertiary/aromatic N) is 1. The Labute approximate surface area is 166 Å². The molecule has 3 amide bonds. The lowest BCUT2D eigenvalue weighted by Crippen LogP contribution is -2.43. The van der Waals surface area contributed by atoms with Crippen molar-refractivity contribution < 1.29 is 23.9 Å². The first-order chi connectivity index (χ1) is 13.3. The van der Waals surface area contributed by atoms with Crippen molar-refractivity contribution in [3.05, 3.63) is 24.3 Å². The van der Waals surface area contributed by atoms with Gasteiger partial charge in [0, 0.05) is 32.4 Å². The Morgan fingerprint density at radius 2 is 1.75 bits per heavy atom. The van der Waals surface area contributed by atoms with Gasteiger partial charge in [-0.1, -0.05) is 13.8 Å². The third kappa shape index (κ3) is 9.36. The zero-order valence-electron chi connectivity index (χ0n) is 17.1. The summed E-state index contributed by atoms with van der Waals surface area (Å²) in [6, 6.07) is 6.88. The molecule has 8 heteroatoms. The van der Waals surface area contributed by atoms with E-state index in [1.165, 1.54) is 4.90 Å². The molecule has 0 saturated carbocycles. The first kappa shape index (κ1) is 23.4. The molecular formula is C20H31N3O5. The van der Waals surface area contributed by atoms with Crippen LogP contribution in [-0.4, -0.2) is 63.1 Å². The highest BCUT2D eigenvalue weighted by molar-refractivity contribution is 5.95. The van der Waals surface area contributed by atoms with Crippen LogP contribution in [0.4, 0.5) is 5.69 Å². The number of benzene rings is 1. The van der Waals surface area contributed by atoms with Crippen molar-refractivity contribution in [3.8, 4) is 5.75 Å².